The molecule has 1 heterocycles. The molecule has 0 fully saturated rings. The van der Waals surface area contributed by atoms with Gasteiger partial charge in [0.2, 0.25) is 5.78 Å². The van der Waals surface area contributed by atoms with Crippen LogP contribution < -0.4 is 4.74 Å². The van der Waals surface area contributed by atoms with Gasteiger partial charge in [0.05, 0.1) is 7.57 Å². The molecular weight excluding hydrogens is 412 g/mol. The van der Waals surface area contributed by atoms with E-state index in [0.29, 0.717) is 5.56 Å². The quantitative estimate of drug-likeness (QED) is 0.486. The first-order valence-electron chi connectivity index (χ1n) is 5.35. The maximum absolute atomic E-state index is 12.1. The van der Waals surface area contributed by atoms with Crippen molar-refractivity contribution in [1.29, 1.82) is 0 Å². The maximum atomic E-state index is 12.1. The van der Waals surface area contributed by atoms with E-state index < -0.39 is 0 Å². The van der Waals surface area contributed by atoms with Crippen molar-refractivity contribution in [3.63, 3.8) is 0 Å². The lowest BCUT2D eigenvalue weighted by Crippen LogP contribution is -2.11. The Bertz CT molecular complexity index is 596. The third kappa shape index (κ3) is 3.84. The molecular formula is C13H10Br2O2S2. The normalized spacial score (nSPS) is 10.5. The molecule has 0 aliphatic carbocycles. The van der Waals surface area contributed by atoms with E-state index >= 15 is 0 Å². The van der Waals surface area contributed by atoms with Gasteiger partial charge >= 0.3 is 0 Å². The average molecular weight is 422 g/mol. The van der Waals surface area contributed by atoms with E-state index in [1.54, 1.807) is 17.8 Å². The molecule has 0 unspecified atom stereocenters. The van der Waals surface area contributed by atoms with Crippen molar-refractivity contribution >= 4 is 60.7 Å². The molecule has 0 spiro atoms. The number of Topliss-reactive ketones (excluding diaryl/α,β-unsaturated/α-hetero) is 1. The van der Waals surface area contributed by atoms with Gasteiger partial charge in [0.15, 0.2) is 6.61 Å². The molecule has 19 heavy (non-hydrogen) atoms. The number of ketones is 1. The van der Waals surface area contributed by atoms with Gasteiger partial charge in [-0.15, -0.1) is 23.1 Å². The van der Waals surface area contributed by atoms with Crippen molar-refractivity contribution < 1.29 is 9.53 Å². The molecule has 0 atom stereocenters. The van der Waals surface area contributed by atoms with E-state index in [1.807, 2.05) is 30.5 Å². The minimum Gasteiger partial charge on any atom is -0.484 e. The molecule has 1 aromatic heterocycles. The number of halogens is 2. The van der Waals surface area contributed by atoms with Crippen LogP contribution in [-0.4, -0.2) is 18.6 Å². The first-order valence-corrected chi connectivity index (χ1v) is 8.98. The van der Waals surface area contributed by atoms with Crippen LogP contribution in [0.5, 0.6) is 5.75 Å². The highest BCUT2D eigenvalue weighted by molar-refractivity contribution is 9.12. The van der Waals surface area contributed by atoms with E-state index in [-0.39, 0.29) is 12.4 Å². The third-order valence-electron chi connectivity index (χ3n) is 2.38. The number of thioether (sulfide) groups is 1. The molecule has 0 aliphatic rings. The second-order valence-electron chi connectivity index (χ2n) is 3.60. The zero-order valence-corrected chi connectivity index (χ0v) is 14.8. The molecule has 0 amide bonds. The van der Waals surface area contributed by atoms with Crippen LogP contribution in [0.25, 0.3) is 0 Å². The predicted octanol–water partition coefficient (Wildman–Crippen LogP) is 5.26. The minimum absolute atomic E-state index is 0.0373. The van der Waals surface area contributed by atoms with Gasteiger partial charge in [-0.2, -0.15) is 0 Å². The van der Waals surface area contributed by atoms with Gasteiger partial charge in [-0.05, 0) is 56.3 Å². The number of hydrogen-bond donors (Lipinski definition) is 0. The third-order valence-corrected chi connectivity index (χ3v) is 5.50. The summed E-state index contributed by atoms with van der Waals surface area (Å²) in [5.74, 6) is 0.707. The smallest absolute Gasteiger partial charge is 0.202 e. The molecule has 0 N–H and O–H groups in total. The zero-order chi connectivity index (χ0) is 13.8. The lowest BCUT2D eigenvalue weighted by atomic mass is 10.2. The summed E-state index contributed by atoms with van der Waals surface area (Å²) < 4.78 is 7.36. The van der Waals surface area contributed by atoms with Gasteiger partial charge in [-0.3, -0.25) is 4.79 Å². The summed E-state index contributed by atoms with van der Waals surface area (Å²) in [6.07, 6.45) is 1.98. The SMILES string of the molecule is CSc1ccccc1OCC(=O)c1cc(Br)sc1Br. The molecule has 0 aliphatic heterocycles. The fourth-order valence-electron chi connectivity index (χ4n) is 1.49. The van der Waals surface area contributed by atoms with Crippen molar-refractivity contribution in [3.05, 3.63) is 43.5 Å². The predicted molar refractivity (Wildman–Crippen MR) is 87.8 cm³/mol. The van der Waals surface area contributed by atoms with Crippen LogP contribution >= 0.6 is 55.0 Å². The molecule has 100 valence electrons. The monoisotopic (exact) mass is 420 g/mol. The minimum atomic E-state index is -0.0373. The van der Waals surface area contributed by atoms with Gasteiger partial charge in [0, 0.05) is 10.5 Å². The molecule has 0 radical (unpaired) electrons. The Morgan fingerprint density at radius 2 is 2.11 bits per heavy atom. The van der Waals surface area contributed by atoms with Crippen molar-refractivity contribution in [2.75, 3.05) is 12.9 Å². The number of rotatable bonds is 5. The Labute approximate surface area is 136 Å². The fourth-order valence-corrected chi connectivity index (χ4v) is 4.89. The van der Waals surface area contributed by atoms with Crippen LogP contribution in [0.1, 0.15) is 10.4 Å². The highest BCUT2D eigenvalue weighted by Crippen LogP contribution is 2.32. The Morgan fingerprint density at radius 3 is 2.74 bits per heavy atom. The standard InChI is InChI=1S/C13H10Br2O2S2/c1-18-11-5-3-2-4-10(11)17-7-9(16)8-6-12(14)19-13(8)15/h2-6H,7H2,1H3. The molecule has 0 bridgehead atoms. The second kappa shape index (κ2) is 6.92. The number of carbonyl (C=O) groups is 1. The number of carbonyl (C=O) groups excluding carboxylic acids is 1. The first kappa shape index (κ1) is 15.1. The molecule has 0 saturated carbocycles. The molecule has 2 aromatic rings. The molecule has 0 saturated heterocycles. The lowest BCUT2D eigenvalue weighted by molar-refractivity contribution is 0.0919. The summed E-state index contributed by atoms with van der Waals surface area (Å²) in [5, 5.41) is 0. The van der Waals surface area contributed by atoms with Crippen LogP contribution in [0.15, 0.2) is 42.8 Å². The zero-order valence-electron chi connectivity index (χ0n) is 9.98. The highest BCUT2D eigenvalue weighted by Gasteiger charge is 2.14. The number of benzene rings is 1. The second-order valence-corrected chi connectivity index (χ2v) is 8.20. The molecule has 1 aromatic carbocycles. The topological polar surface area (TPSA) is 26.3 Å². The summed E-state index contributed by atoms with van der Waals surface area (Å²) >= 11 is 9.82. The Morgan fingerprint density at radius 1 is 1.37 bits per heavy atom. The number of para-hydroxylation sites is 1. The van der Waals surface area contributed by atoms with Crippen LogP contribution in [0, 0.1) is 0 Å². The van der Waals surface area contributed by atoms with Gasteiger partial charge < -0.3 is 4.74 Å². The number of ether oxygens (including phenoxy) is 1. The van der Waals surface area contributed by atoms with E-state index in [2.05, 4.69) is 31.9 Å². The Kier molecular flexibility index (Phi) is 5.50. The summed E-state index contributed by atoms with van der Waals surface area (Å²) in [7, 11) is 0. The summed E-state index contributed by atoms with van der Waals surface area (Å²) in [5.41, 5.74) is 0.651. The van der Waals surface area contributed by atoms with Crippen molar-refractivity contribution in [1.82, 2.24) is 0 Å². The van der Waals surface area contributed by atoms with Gasteiger partial charge in [-0.25, -0.2) is 0 Å². The average Bonchev–Trinajstić information content (AvgIpc) is 2.75. The Hall–Kier alpha value is -0.300. The molecule has 2 rings (SSSR count). The van der Waals surface area contributed by atoms with Gasteiger partial charge in [0.25, 0.3) is 0 Å². The number of thiophene rings is 1. The van der Waals surface area contributed by atoms with Gasteiger partial charge in [0.1, 0.15) is 5.75 Å². The van der Waals surface area contributed by atoms with E-state index in [4.69, 9.17) is 4.74 Å². The summed E-state index contributed by atoms with van der Waals surface area (Å²) in [6.45, 7) is 0.0410. The van der Waals surface area contributed by atoms with E-state index in [9.17, 15) is 4.79 Å². The van der Waals surface area contributed by atoms with Crippen LogP contribution in [0.4, 0.5) is 0 Å². The van der Waals surface area contributed by atoms with Gasteiger partial charge in [-0.1, -0.05) is 12.1 Å². The van der Waals surface area contributed by atoms with E-state index in [0.717, 1.165) is 18.2 Å². The summed E-state index contributed by atoms with van der Waals surface area (Å²) in [6, 6.07) is 9.50. The first-order chi connectivity index (χ1) is 9.11. The molecule has 6 heteroatoms. The van der Waals surface area contributed by atoms with Crippen LogP contribution in [0.3, 0.4) is 0 Å². The maximum Gasteiger partial charge on any atom is 0.202 e. The molecule has 2 nitrogen and oxygen atoms in total. The largest absolute Gasteiger partial charge is 0.484 e. The van der Waals surface area contributed by atoms with E-state index in [1.165, 1.54) is 11.3 Å². The van der Waals surface area contributed by atoms with Crippen molar-refractivity contribution in [3.8, 4) is 5.75 Å². The highest BCUT2D eigenvalue weighted by atomic mass is 79.9. The van der Waals surface area contributed by atoms with Crippen molar-refractivity contribution in [2.24, 2.45) is 0 Å². The van der Waals surface area contributed by atoms with Crippen LogP contribution in [0.2, 0.25) is 0 Å². The van der Waals surface area contributed by atoms with Crippen LogP contribution in [-0.2, 0) is 0 Å². The summed E-state index contributed by atoms with van der Waals surface area (Å²) in [4.78, 5) is 13.1. The Balaban J connectivity index is 2.06. The lowest BCUT2D eigenvalue weighted by Gasteiger charge is -2.08. The fraction of sp³-hybridized carbons (Fsp3) is 0.154. The van der Waals surface area contributed by atoms with Crippen molar-refractivity contribution in [2.45, 2.75) is 4.90 Å². The number of hydrogen-bond acceptors (Lipinski definition) is 4.